The average molecular weight is 493 g/mol. The fourth-order valence-corrected chi connectivity index (χ4v) is 4.44. The van der Waals surface area contributed by atoms with Crippen molar-refractivity contribution in [1.82, 2.24) is 35.5 Å². The lowest BCUT2D eigenvalue weighted by molar-refractivity contribution is -0.123. The third kappa shape index (κ3) is 4.53. The van der Waals surface area contributed by atoms with Gasteiger partial charge >= 0.3 is 6.03 Å². The zero-order valence-corrected chi connectivity index (χ0v) is 21.2. The molecule has 0 radical (unpaired) electrons. The van der Waals surface area contributed by atoms with E-state index < -0.39 is 17.5 Å². The summed E-state index contributed by atoms with van der Waals surface area (Å²) in [6.07, 6.45) is 5.63. The van der Waals surface area contributed by atoms with Crippen LogP contribution in [-0.2, 0) is 16.8 Å². The first-order valence-corrected chi connectivity index (χ1v) is 12.1. The smallest absolute Gasteiger partial charge is 0.322 e. The molecule has 190 valence electrons. The maximum absolute atomic E-state index is 12.5. The molecule has 0 spiro atoms. The van der Waals surface area contributed by atoms with E-state index in [0.29, 0.717) is 46.2 Å². The molecule has 0 aliphatic carbocycles. The predicted octanol–water partition coefficient (Wildman–Crippen LogP) is 2.34. The summed E-state index contributed by atoms with van der Waals surface area (Å²) in [5.41, 5.74) is 8.49. The molecule has 1 fully saturated rings. The molecule has 11 nitrogen and oxygen atoms in total. The SMILES string of the molecule is CC[C@H](C)N[C@H](C)CCc1nc2c(-c3ccc(C4(C)NC(=O)NC4=O)nc3)cnn2c(N)c1C(C)=O. The second kappa shape index (κ2) is 9.65. The monoisotopic (exact) mass is 492 g/mol. The lowest BCUT2D eigenvalue weighted by atomic mass is 9.96. The molecule has 4 rings (SSSR count). The summed E-state index contributed by atoms with van der Waals surface area (Å²) < 4.78 is 1.47. The largest absolute Gasteiger partial charge is 0.383 e. The van der Waals surface area contributed by atoms with E-state index in [1.807, 2.05) is 0 Å². The Hall–Kier alpha value is -3.86. The Morgan fingerprint density at radius 3 is 2.56 bits per heavy atom. The lowest BCUT2D eigenvalue weighted by Crippen LogP contribution is -2.41. The van der Waals surface area contributed by atoms with Crippen LogP contribution in [0.1, 0.15) is 69.2 Å². The van der Waals surface area contributed by atoms with Crippen LogP contribution < -0.4 is 21.7 Å². The first-order valence-electron chi connectivity index (χ1n) is 12.1. The quantitative estimate of drug-likeness (QED) is 0.262. The number of nitrogens with one attached hydrogen (secondary N) is 3. The summed E-state index contributed by atoms with van der Waals surface area (Å²) in [5.74, 6) is -0.372. The van der Waals surface area contributed by atoms with Gasteiger partial charge in [-0.05, 0) is 53.0 Å². The van der Waals surface area contributed by atoms with Gasteiger partial charge in [-0.1, -0.05) is 13.0 Å². The number of carbonyl (C=O) groups is 3. The molecule has 4 heterocycles. The fraction of sp³-hybridized carbons (Fsp3) is 0.440. The number of hydrogen-bond donors (Lipinski definition) is 4. The third-order valence-electron chi connectivity index (χ3n) is 6.74. The predicted molar refractivity (Wildman–Crippen MR) is 135 cm³/mol. The second-order valence-corrected chi connectivity index (χ2v) is 9.55. The number of imide groups is 1. The number of ketones is 1. The zero-order chi connectivity index (χ0) is 26.2. The molecule has 1 unspecified atom stereocenters. The molecular weight excluding hydrogens is 460 g/mol. The van der Waals surface area contributed by atoms with Gasteiger partial charge in [0.15, 0.2) is 17.0 Å². The minimum absolute atomic E-state index is 0.160. The van der Waals surface area contributed by atoms with Crippen molar-refractivity contribution in [3.05, 3.63) is 41.5 Å². The van der Waals surface area contributed by atoms with Crippen molar-refractivity contribution in [3.63, 3.8) is 0 Å². The fourth-order valence-electron chi connectivity index (χ4n) is 4.44. The maximum atomic E-state index is 12.5. The van der Waals surface area contributed by atoms with Crippen molar-refractivity contribution in [2.75, 3.05) is 5.73 Å². The Morgan fingerprint density at radius 2 is 1.97 bits per heavy atom. The third-order valence-corrected chi connectivity index (χ3v) is 6.74. The molecule has 1 aliphatic heterocycles. The van der Waals surface area contributed by atoms with Gasteiger partial charge < -0.3 is 16.4 Å². The number of hydrogen-bond acceptors (Lipinski definition) is 8. The molecule has 0 aromatic carbocycles. The summed E-state index contributed by atoms with van der Waals surface area (Å²) in [6, 6.07) is 3.56. The number of amides is 3. The number of carbonyl (C=O) groups excluding carboxylic acids is 3. The number of aryl methyl sites for hydroxylation is 1. The van der Waals surface area contributed by atoms with Gasteiger partial charge in [0, 0.05) is 29.4 Å². The van der Waals surface area contributed by atoms with E-state index in [9.17, 15) is 14.4 Å². The Balaban J connectivity index is 1.69. The van der Waals surface area contributed by atoms with Crippen LogP contribution in [0.15, 0.2) is 24.5 Å². The van der Waals surface area contributed by atoms with Crippen LogP contribution in [0.3, 0.4) is 0 Å². The Bertz CT molecular complexity index is 1330. The Kier molecular flexibility index (Phi) is 6.77. The molecule has 0 saturated carbocycles. The van der Waals surface area contributed by atoms with Crippen LogP contribution in [-0.4, -0.2) is 49.4 Å². The lowest BCUT2D eigenvalue weighted by Gasteiger charge is -2.20. The molecule has 3 atom stereocenters. The van der Waals surface area contributed by atoms with Crippen LogP contribution in [0, 0.1) is 0 Å². The maximum Gasteiger partial charge on any atom is 0.322 e. The highest BCUT2D eigenvalue weighted by Crippen LogP contribution is 2.30. The number of anilines is 1. The molecule has 36 heavy (non-hydrogen) atoms. The number of nitrogens with two attached hydrogens (primary N) is 1. The van der Waals surface area contributed by atoms with Gasteiger partial charge in [-0.3, -0.25) is 19.9 Å². The van der Waals surface area contributed by atoms with Crippen molar-refractivity contribution >= 4 is 29.2 Å². The Morgan fingerprint density at radius 1 is 1.22 bits per heavy atom. The Labute approximate surface area is 209 Å². The number of pyridine rings is 1. The van der Waals surface area contributed by atoms with Gasteiger partial charge in [0.25, 0.3) is 5.91 Å². The number of nitrogen functional groups attached to an aromatic ring is 1. The zero-order valence-electron chi connectivity index (χ0n) is 21.2. The molecule has 11 heteroatoms. The number of urea groups is 1. The number of fused-ring (bicyclic) bond motifs is 1. The minimum Gasteiger partial charge on any atom is -0.383 e. The molecule has 0 bridgehead atoms. The van der Waals surface area contributed by atoms with Crippen LogP contribution in [0.2, 0.25) is 0 Å². The summed E-state index contributed by atoms with van der Waals surface area (Å²) in [6.45, 7) is 9.47. The first-order chi connectivity index (χ1) is 17.0. The first kappa shape index (κ1) is 25.2. The highest BCUT2D eigenvalue weighted by atomic mass is 16.2. The molecule has 5 N–H and O–H groups in total. The van der Waals surface area contributed by atoms with Crippen LogP contribution >= 0.6 is 0 Å². The van der Waals surface area contributed by atoms with Gasteiger partial charge in [0.1, 0.15) is 5.82 Å². The molecule has 3 amide bonds. The van der Waals surface area contributed by atoms with Gasteiger partial charge in [0.05, 0.1) is 23.1 Å². The number of aromatic nitrogens is 4. The van der Waals surface area contributed by atoms with Crippen molar-refractivity contribution < 1.29 is 14.4 Å². The summed E-state index contributed by atoms with van der Waals surface area (Å²) in [4.78, 5) is 45.6. The standard InChI is InChI=1S/C25H32N8O3/c1-6-13(2)29-14(3)7-9-18-20(15(4)34)21(26)33-22(30-18)17(12-28-33)16-8-10-19(27-11-16)25(5)23(35)31-24(36)32-25/h8,10-14,29H,6-7,9,26H2,1-5H3,(H2,31,32,35,36)/t13-,14+,25?/m0/s1. The van der Waals surface area contributed by atoms with E-state index in [0.717, 1.165) is 12.8 Å². The van der Waals surface area contributed by atoms with Gasteiger partial charge in [-0.15, -0.1) is 0 Å². The molecule has 1 aliphatic rings. The minimum atomic E-state index is -1.25. The summed E-state index contributed by atoms with van der Waals surface area (Å²) in [7, 11) is 0. The molecule has 1 saturated heterocycles. The number of rotatable bonds is 9. The van der Waals surface area contributed by atoms with E-state index in [1.165, 1.54) is 11.4 Å². The van der Waals surface area contributed by atoms with E-state index in [-0.39, 0.29) is 17.6 Å². The van der Waals surface area contributed by atoms with Gasteiger partial charge in [-0.25, -0.2) is 9.78 Å². The van der Waals surface area contributed by atoms with Crippen LogP contribution in [0.5, 0.6) is 0 Å². The summed E-state index contributed by atoms with van der Waals surface area (Å²) >= 11 is 0. The highest BCUT2D eigenvalue weighted by Gasteiger charge is 2.44. The second-order valence-electron chi connectivity index (χ2n) is 9.55. The normalized spacial score (nSPS) is 19.2. The van der Waals surface area contributed by atoms with E-state index in [2.05, 4.69) is 46.8 Å². The van der Waals surface area contributed by atoms with Crippen LogP contribution in [0.25, 0.3) is 16.8 Å². The molecule has 3 aromatic rings. The van der Waals surface area contributed by atoms with Crippen molar-refractivity contribution in [2.45, 2.75) is 71.5 Å². The number of Topliss-reactive ketones (excluding diaryl/α,β-unsaturated/α-hetero) is 1. The van der Waals surface area contributed by atoms with E-state index in [4.69, 9.17) is 10.7 Å². The van der Waals surface area contributed by atoms with Crippen LogP contribution in [0.4, 0.5) is 10.6 Å². The topological polar surface area (TPSA) is 156 Å². The van der Waals surface area contributed by atoms with E-state index >= 15 is 0 Å². The van der Waals surface area contributed by atoms with Gasteiger partial charge in [0.2, 0.25) is 0 Å². The molecular formula is C25H32N8O3. The van der Waals surface area contributed by atoms with E-state index in [1.54, 1.807) is 31.5 Å². The molecule has 3 aromatic heterocycles. The summed E-state index contributed by atoms with van der Waals surface area (Å²) in [5, 5.41) is 12.8. The van der Waals surface area contributed by atoms with Crippen molar-refractivity contribution in [1.29, 1.82) is 0 Å². The van der Waals surface area contributed by atoms with Gasteiger partial charge in [-0.2, -0.15) is 9.61 Å². The highest BCUT2D eigenvalue weighted by molar-refractivity contribution is 6.07. The van der Waals surface area contributed by atoms with Crippen molar-refractivity contribution in [3.8, 4) is 11.1 Å². The van der Waals surface area contributed by atoms with Crippen molar-refractivity contribution in [2.24, 2.45) is 0 Å². The number of nitrogens with zero attached hydrogens (tertiary/aromatic N) is 4. The average Bonchev–Trinajstić information content (AvgIpc) is 3.37.